The maximum Gasteiger partial charge on any atom is 0.266 e. The number of rotatable bonds is 3. The number of imide groups is 1. The van der Waals surface area contributed by atoms with Crippen LogP contribution in [-0.4, -0.2) is 17.7 Å². The Labute approximate surface area is 160 Å². The molecule has 0 fully saturated rings. The number of carbonyl (C=O) groups excluding carboxylic acids is 3. The average molecular weight is 374 g/mol. The highest BCUT2D eigenvalue weighted by atomic mass is 19.1. The largest absolute Gasteiger partial charge is 0.322 e. The zero-order chi connectivity index (χ0) is 19.8. The third-order valence-electron chi connectivity index (χ3n) is 4.63. The zero-order valence-corrected chi connectivity index (χ0v) is 14.9. The van der Waals surface area contributed by atoms with Crippen molar-refractivity contribution in [2.24, 2.45) is 0 Å². The van der Waals surface area contributed by atoms with Gasteiger partial charge in [0.05, 0.1) is 16.8 Å². The Morgan fingerprint density at radius 3 is 2.11 bits per heavy atom. The van der Waals surface area contributed by atoms with E-state index in [0.717, 1.165) is 10.5 Å². The van der Waals surface area contributed by atoms with Crippen LogP contribution in [0.25, 0.3) is 0 Å². The van der Waals surface area contributed by atoms with Gasteiger partial charge in [-0.25, -0.2) is 9.29 Å². The van der Waals surface area contributed by atoms with E-state index in [2.05, 4.69) is 5.32 Å². The number of carbonyl (C=O) groups is 3. The fourth-order valence-electron chi connectivity index (χ4n) is 3.11. The molecule has 0 aliphatic carbocycles. The summed E-state index contributed by atoms with van der Waals surface area (Å²) in [5, 5.41) is 2.66. The van der Waals surface area contributed by atoms with Crippen molar-refractivity contribution in [1.29, 1.82) is 0 Å². The number of nitrogens with one attached hydrogen (secondary N) is 1. The SMILES string of the molecule is Cc1ccc(F)cc1NC(=O)c1ccc(N2C(=O)c3ccccc3C2=O)cc1. The van der Waals surface area contributed by atoms with Gasteiger partial charge in [0.1, 0.15) is 5.82 Å². The molecule has 3 amide bonds. The van der Waals surface area contributed by atoms with Crippen molar-refractivity contribution < 1.29 is 18.8 Å². The Balaban J connectivity index is 1.56. The predicted molar refractivity (Wildman–Crippen MR) is 103 cm³/mol. The van der Waals surface area contributed by atoms with Gasteiger partial charge in [-0.15, -0.1) is 0 Å². The van der Waals surface area contributed by atoms with E-state index >= 15 is 0 Å². The highest BCUT2D eigenvalue weighted by Gasteiger charge is 2.36. The Morgan fingerprint density at radius 1 is 0.893 bits per heavy atom. The van der Waals surface area contributed by atoms with Gasteiger partial charge in [0.15, 0.2) is 0 Å². The topological polar surface area (TPSA) is 66.5 Å². The smallest absolute Gasteiger partial charge is 0.266 e. The summed E-state index contributed by atoms with van der Waals surface area (Å²) >= 11 is 0. The third-order valence-corrected chi connectivity index (χ3v) is 4.63. The van der Waals surface area contributed by atoms with Crippen LogP contribution < -0.4 is 10.2 Å². The minimum atomic E-state index is -0.443. The second kappa shape index (κ2) is 6.74. The Hall–Kier alpha value is -3.80. The molecule has 6 heteroatoms. The van der Waals surface area contributed by atoms with Gasteiger partial charge in [0, 0.05) is 11.3 Å². The maximum atomic E-state index is 13.4. The van der Waals surface area contributed by atoms with E-state index in [1.165, 1.54) is 36.4 Å². The number of aryl methyl sites for hydroxylation is 1. The lowest BCUT2D eigenvalue weighted by Crippen LogP contribution is -2.29. The van der Waals surface area contributed by atoms with E-state index in [9.17, 15) is 18.8 Å². The zero-order valence-electron chi connectivity index (χ0n) is 14.9. The molecule has 1 heterocycles. The molecule has 1 N–H and O–H groups in total. The van der Waals surface area contributed by atoms with Crippen LogP contribution in [0.15, 0.2) is 66.7 Å². The van der Waals surface area contributed by atoms with Gasteiger partial charge in [0.2, 0.25) is 0 Å². The fraction of sp³-hybridized carbons (Fsp3) is 0.0455. The molecule has 0 saturated carbocycles. The summed E-state index contributed by atoms with van der Waals surface area (Å²) in [5.41, 5.74) is 2.53. The minimum absolute atomic E-state index is 0.323. The van der Waals surface area contributed by atoms with Crippen molar-refractivity contribution >= 4 is 29.1 Å². The minimum Gasteiger partial charge on any atom is -0.322 e. The number of halogens is 1. The van der Waals surface area contributed by atoms with Crippen LogP contribution >= 0.6 is 0 Å². The molecule has 0 atom stereocenters. The van der Waals surface area contributed by atoms with E-state index in [0.29, 0.717) is 28.1 Å². The standard InChI is InChI=1S/C22H15FN2O3/c1-13-6-9-15(23)12-19(13)24-20(26)14-7-10-16(11-8-14)25-21(27)17-4-2-3-5-18(17)22(25)28/h2-12H,1H3,(H,24,26). The maximum absolute atomic E-state index is 13.4. The first-order valence-electron chi connectivity index (χ1n) is 8.61. The molecule has 1 aliphatic rings. The first-order valence-corrected chi connectivity index (χ1v) is 8.61. The Bertz CT molecular complexity index is 1090. The molecule has 0 bridgehead atoms. The van der Waals surface area contributed by atoms with Crippen LogP contribution in [0.5, 0.6) is 0 Å². The number of hydrogen-bond donors (Lipinski definition) is 1. The second-order valence-corrected chi connectivity index (χ2v) is 6.45. The van der Waals surface area contributed by atoms with Crippen LogP contribution in [0, 0.1) is 12.7 Å². The summed E-state index contributed by atoms with van der Waals surface area (Å²) in [7, 11) is 0. The quantitative estimate of drug-likeness (QED) is 0.699. The Morgan fingerprint density at radius 2 is 1.50 bits per heavy atom. The van der Waals surface area contributed by atoms with Gasteiger partial charge < -0.3 is 5.32 Å². The molecule has 28 heavy (non-hydrogen) atoms. The van der Waals surface area contributed by atoms with Gasteiger partial charge in [0.25, 0.3) is 17.7 Å². The molecular formula is C22H15FN2O3. The van der Waals surface area contributed by atoms with Crippen molar-refractivity contribution in [1.82, 2.24) is 0 Å². The summed E-state index contributed by atoms with van der Waals surface area (Å²) in [6, 6.07) is 16.9. The molecule has 0 aromatic heterocycles. The van der Waals surface area contributed by atoms with Crippen LogP contribution in [0.4, 0.5) is 15.8 Å². The summed E-state index contributed by atoms with van der Waals surface area (Å²) in [6.07, 6.45) is 0. The third kappa shape index (κ3) is 2.95. The monoisotopic (exact) mass is 374 g/mol. The van der Waals surface area contributed by atoms with Crippen molar-refractivity contribution in [2.45, 2.75) is 6.92 Å². The van der Waals surface area contributed by atoms with Crippen LogP contribution in [0.3, 0.4) is 0 Å². The lowest BCUT2D eigenvalue weighted by molar-refractivity contribution is 0.0925. The number of hydrogen-bond acceptors (Lipinski definition) is 3. The lowest BCUT2D eigenvalue weighted by Gasteiger charge is -2.14. The Kier molecular flexibility index (Phi) is 4.24. The molecule has 1 aliphatic heterocycles. The molecule has 0 unspecified atom stereocenters. The van der Waals surface area contributed by atoms with Crippen LogP contribution in [0.2, 0.25) is 0 Å². The van der Waals surface area contributed by atoms with Gasteiger partial charge in [-0.2, -0.15) is 0 Å². The van der Waals surface area contributed by atoms with E-state index in [1.807, 2.05) is 0 Å². The second-order valence-electron chi connectivity index (χ2n) is 6.45. The van der Waals surface area contributed by atoms with E-state index in [-0.39, 0.29) is 0 Å². The molecule has 3 aromatic rings. The molecular weight excluding hydrogens is 359 g/mol. The van der Waals surface area contributed by atoms with Crippen molar-refractivity contribution in [3.8, 4) is 0 Å². The number of anilines is 2. The number of amides is 3. The number of nitrogens with zero attached hydrogens (tertiary/aromatic N) is 1. The molecule has 3 aromatic carbocycles. The van der Waals surface area contributed by atoms with Crippen LogP contribution in [-0.2, 0) is 0 Å². The molecule has 0 radical (unpaired) electrons. The summed E-state index contributed by atoms with van der Waals surface area (Å²) < 4.78 is 13.4. The predicted octanol–water partition coefficient (Wildman–Crippen LogP) is 4.19. The van der Waals surface area contributed by atoms with E-state index in [1.54, 1.807) is 37.3 Å². The molecule has 4 rings (SSSR count). The highest BCUT2D eigenvalue weighted by molar-refractivity contribution is 6.34. The highest BCUT2D eigenvalue weighted by Crippen LogP contribution is 2.28. The first-order chi connectivity index (χ1) is 13.5. The average Bonchev–Trinajstić information content (AvgIpc) is 2.96. The van der Waals surface area contributed by atoms with Crippen molar-refractivity contribution in [3.63, 3.8) is 0 Å². The van der Waals surface area contributed by atoms with Crippen LogP contribution in [0.1, 0.15) is 36.6 Å². The summed E-state index contributed by atoms with van der Waals surface area (Å²) in [5.74, 6) is -1.65. The summed E-state index contributed by atoms with van der Waals surface area (Å²) in [4.78, 5) is 38.6. The fourth-order valence-corrected chi connectivity index (χ4v) is 3.11. The molecule has 5 nitrogen and oxygen atoms in total. The number of benzene rings is 3. The molecule has 138 valence electrons. The van der Waals surface area contributed by atoms with Gasteiger partial charge in [-0.05, 0) is 61.0 Å². The normalized spacial score (nSPS) is 12.9. The van der Waals surface area contributed by atoms with Crippen molar-refractivity contribution in [2.75, 3.05) is 10.2 Å². The van der Waals surface area contributed by atoms with E-state index < -0.39 is 23.5 Å². The van der Waals surface area contributed by atoms with Crippen molar-refractivity contribution in [3.05, 3.63) is 94.8 Å². The lowest BCUT2D eigenvalue weighted by atomic mass is 10.1. The number of fused-ring (bicyclic) bond motifs is 1. The van der Waals surface area contributed by atoms with Gasteiger partial charge >= 0.3 is 0 Å². The molecule has 0 saturated heterocycles. The first kappa shape index (κ1) is 17.6. The van der Waals surface area contributed by atoms with Gasteiger partial charge in [-0.1, -0.05) is 18.2 Å². The van der Waals surface area contributed by atoms with Gasteiger partial charge in [-0.3, -0.25) is 14.4 Å². The summed E-state index contributed by atoms with van der Waals surface area (Å²) in [6.45, 7) is 1.76. The molecule has 0 spiro atoms. The van der Waals surface area contributed by atoms with E-state index in [4.69, 9.17) is 0 Å².